The summed E-state index contributed by atoms with van der Waals surface area (Å²) in [4.78, 5) is 36.9. The average Bonchev–Trinajstić information content (AvgIpc) is 3.16. The van der Waals surface area contributed by atoms with Gasteiger partial charge < -0.3 is 14.2 Å². The number of unbranched alkanes of at least 4 members (excludes halogenated alkanes) is 16. The highest BCUT2D eigenvalue weighted by atomic mass is 16.6. The lowest BCUT2D eigenvalue weighted by Gasteiger charge is -2.08. The van der Waals surface area contributed by atoms with Gasteiger partial charge in [-0.3, -0.25) is 14.9 Å². The van der Waals surface area contributed by atoms with Crippen LogP contribution in [0.4, 0.5) is 5.69 Å². The Morgan fingerprint density at radius 3 is 1.52 bits per heavy atom. The Hall–Kier alpha value is -4.46. The second kappa shape index (κ2) is 25.5. The first-order valence-corrected chi connectivity index (χ1v) is 19.6. The fourth-order valence-corrected chi connectivity index (χ4v) is 5.89. The van der Waals surface area contributed by atoms with Crippen LogP contribution in [0.3, 0.4) is 0 Å². The Bertz CT molecular complexity index is 1500. The minimum Gasteiger partial charge on any atom is -0.494 e. The summed E-state index contributed by atoms with van der Waals surface area (Å²) in [6.45, 7) is 5.74. The number of benzene rings is 3. The van der Waals surface area contributed by atoms with Gasteiger partial charge in [-0.25, -0.2) is 4.79 Å². The van der Waals surface area contributed by atoms with Crippen molar-refractivity contribution in [3.8, 4) is 17.2 Å². The SMILES string of the molecule is CCCCCCCCCCCCOc1ccc(/C=C/C(=O)c2ccc(OC(=O)c3ccc(OCCCCCCCCCC)cc3)c([N+](=O)[O-])c2)cc1. The molecule has 0 heterocycles. The van der Waals surface area contributed by atoms with E-state index < -0.39 is 22.4 Å². The molecule has 3 aromatic rings. The summed E-state index contributed by atoms with van der Waals surface area (Å²) in [7, 11) is 0. The summed E-state index contributed by atoms with van der Waals surface area (Å²) in [5.41, 5.74) is 0.662. The van der Waals surface area contributed by atoms with Gasteiger partial charge in [-0.15, -0.1) is 0 Å². The van der Waals surface area contributed by atoms with Crippen molar-refractivity contribution in [1.29, 1.82) is 0 Å². The highest BCUT2D eigenvalue weighted by Gasteiger charge is 2.21. The van der Waals surface area contributed by atoms with Crippen LogP contribution in [0.25, 0.3) is 6.08 Å². The van der Waals surface area contributed by atoms with Crippen molar-refractivity contribution >= 4 is 23.5 Å². The van der Waals surface area contributed by atoms with Crippen LogP contribution in [0, 0.1) is 10.1 Å². The summed E-state index contributed by atoms with van der Waals surface area (Å²) in [6.07, 6.45) is 25.5. The molecule has 3 aromatic carbocycles. The van der Waals surface area contributed by atoms with Crippen LogP contribution in [0.1, 0.15) is 156 Å². The van der Waals surface area contributed by atoms with Crippen molar-refractivity contribution in [3.63, 3.8) is 0 Å². The van der Waals surface area contributed by atoms with E-state index in [1.165, 1.54) is 115 Å². The van der Waals surface area contributed by atoms with E-state index in [-0.39, 0.29) is 16.9 Å². The Labute approximate surface area is 311 Å². The molecule has 0 bridgehead atoms. The first-order valence-electron chi connectivity index (χ1n) is 19.6. The van der Waals surface area contributed by atoms with Gasteiger partial charge in [-0.2, -0.15) is 0 Å². The number of esters is 1. The van der Waals surface area contributed by atoms with Gasteiger partial charge in [0.1, 0.15) is 11.5 Å². The number of nitro groups is 1. The highest BCUT2D eigenvalue weighted by molar-refractivity contribution is 6.07. The third-order valence-electron chi connectivity index (χ3n) is 9.07. The number of carbonyl (C=O) groups is 2. The van der Waals surface area contributed by atoms with Gasteiger partial charge in [-0.05, 0) is 73.0 Å². The number of hydrogen-bond donors (Lipinski definition) is 0. The Kier molecular flexibility index (Phi) is 20.6. The second-order valence-electron chi connectivity index (χ2n) is 13.5. The van der Waals surface area contributed by atoms with E-state index in [0.717, 1.165) is 36.6 Å². The van der Waals surface area contributed by atoms with E-state index in [9.17, 15) is 19.7 Å². The Morgan fingerprint density at radius 1 is 0.596 bits per heavy atom. The predicted octanol–water partition coefficient (Wildman–Crippen LogP) is 12.5. The van der Waals surface area contributed by atoms with E-state index in [4.69, 9.17) is 14.2 Å². The largest absolute Gasteiger partial charge is 0.494 e. The lowest BCUT2D eigenvalue weighted by Crippen LogP contribution is -2.10. The predicted molar refractivity (Wildman–Crippen MR) is 210 cm³/mol. The number of nitrogens with zero attached hydrogens (tertiary/aromatic N) is 1. The number of hydrogen-bond acceptors (Lipinski definition) is 7. The zero-order chi connectivity index (χ0) is 37.2. The van der Waals surface area contributed by atoms with Crippen LogP contribution in [0.2, 0.25) is 0 Å². The van der Waals surface area contributed by atoms with E-state index in [1.807, 2.05) is 24.3 Å². The van der Waals surface area contributed by atoms with Gasteiger partial charge in [0, 0.05) is 11.6 Å². The molecule has 8 heteroatoms. The van der Waals surface area contributed by atoms with Crippen LogP contribution >= 0.6 is 0 Å². The second-order valence-corrected chi connectivity index (χ2v) is 13.5. The standard InChI is InChI=1S/C44H59NO7/c1-3-5-7-9-11-13-14-16-18-19-33-50-39-27-21-36(22-28-39)23-31-42(46)38-26-32-43(41(35-38)45(48)49)52-44(47)37-24-29-40(30-25-37)51-34-20-17-15-12-10-8-6-4-2/h21-32,35H,3-20,33-34H2,1-2H3/b31-23+. The molecule has 0 aliphatic heterocycles. The van der Waals surface area contributed by atoms with Crippen molar-refractivity contribution in [3.05, 3.63) is 99.6 Å². The molecule has 282 valence electrons. The van der Waals surface area contributed by atoms with Crippen molar-refractivity contribution in [1.82, 2.24) is 0 Å². The van der Waals surface area contributed by atoms with Crippen LogP contribution in [-0.4, -0.2) is 29.9 Å². The van der Waals surface area contributed by atoms with Gasteiger partial charge in [0.05, 0.1) is 23.7 Å². The molecule has 0 atom stereocenters. The highest BCUT2D eigenvalue weighted by Crippen LogP contribution is 2.29. The summed E-state index contributed by atoms with van der Waals surface area (Å²) in [6, 6.07) is 17.8. The van der Waals surface area contributed by atoms with Crippen LogP contribution in [0.5, 0.6) is 17.2 Å². The third-order valence-corrected chi connectivity index (χ3v) is 9.07. The smallest absolute Gasteiger partial charge is 0.343 e. The molecule has 0 radical (unpaired) electrons. The summed E-state index contributed by atoms with van der Waals surface area (Å²) in [5.74, 6) is 0.0279. The Balaban J connectivity index is 1.41. The van der Waals surface area contributed by atoms with Gasteiger partial charge in [0.15, 0.2) is 5.78 Å². The monoisotopic (exact) mass is 713 g/mol. The molecule has 0 unspecified atom stereocenters. The summed E-state index contributed by atoms with van der Waals surface area (Å²) >= 11 is 0. The maximum absolute atomic E-state index is 12.9. The van der Waals surface area contributed by atoms with Crippen molar-refractivity contribution in [2.75, 3.05) is 13.2 Å². The van der Waals surface area contributed by atoms with Gasteiger partial charge in [0.2, 0.25) is 5.75 Å². The first kappa shape index (κ1) is 42.0. The molecule has 0 spiro atoms. The van der Waals surface area contributed by atoms with Crippen LogP contribution in [-0.2, 0) is 0 Å². The number of carbonyl (C=O) groups excluding carboxylic acids is 2. The number of allylic oxidation sites excluding steroid dienone is 1. The molecule has 8 nitrogen and oxygen atoms in total. The number of ether oxygens (including phenoxy) is 3. The van der Waals surface area contributed by atoms with E-state index in [0.29, 0.717) is 19.0 Å². The van der Waals surface area contributed by atoms with E-state index in [1.54, 1.807) is 30.3 Å². The zero-order valence-corrected chi connectivity index (χ0v) is 31.5. The molecule has 0 aliphatic rings. The number of nitro benzene ring substituents is 1. The van der Waals surface area contributed by atoms with Crippen LogP contribution in [0.15, 0.2) is 72.8 Å². The van der Waals surface area contributed by atoms with E-state index in [2.05, 4.69) is 13.8 Å². The average molecular weight is 714 g/mol. The quantitative estimate of drug-likeness (QED) is 0.0140. The topological polar surface area (TPSA) is 105 Å². The van der Waals surface area contributed by atoms with E-state index >= 15 is 0 Å². The molecule has 52 heavy (non-hydrogen) atoms. The van der Waals surface area contributed by atoms with Crippen molar-refractivity contribution < 1.29 is 28.7 Å². The Morgan fingerprint density at radius 2 is 1.04 bits per heavy atom. The maximum Gasteiger partial charge on any atom is 0.343 e. The number of ketones is 1. The molecule has 0 saturated carbocycles. The first-order chi connectivity index (χ1) is 25.4. The molecular weight excluding hydrogens is 654 g/mol. The molecule has 0 aliphatic carbocycles. The van der Waals surface area contributed by atoms with Crippen molar-refractivity contribution in [2.45, 2.75) is 129 Å². The molecule has 0 aromatic heterocycles. The fourth-order valence-electron chi connectivity index (χ4n) is 5.89. The third kappa shape index (κ3) is 16.7. The summed E-state index contributed by atoms with van der Waals surface area (Å²) in [5, 5.41) is 11.8. The number of rotatable bonds is 28. The molecule has 3 rings (SSSR count). The molecular formula is C44H59NO7. The lowest BCUT2D eigenvalue weighted by atomic mass is 10.1. The van der Waals surface area contributed by atoms with Crippen LogP contribution < -0.4 is 14.2 Å². The van der Waals surface area contributed by atoms with Gasteiger partial charge in [0.25, 0.3) is 0 Å². The molecule has 0 saturated heterocycles. The lowest BCUT2D eigenvalue weighted by molar-refractivity contribution is -0.385. The molecule has 0 N–H and O–H groups in total. The van der Waals surface area contributed by atoms with Gasteiger partial charge >= 0.3 is 11.7 Å². The minimum atomic E-state index is -0.743. The fraction of sp³-hybridized carbons (Fsp3) is 0.500. The van der Waals surface area contributed by atoms with Gasteiger partial charge in [-0.1, -0.05) is 135 Å². The molecule has 0 amide bonds. The molecule has 0 fully saturated rings. The zero-order valence-electron chi connectivity index (χ0n) is 31.5. The normalized spacial score (nSPS) is 11.1. The maximum atomic E-state index is 12.9. The summed E-state index contributed by atoms with van der Waals surface area (Å²) < 4.78 is 17.1. The minimum absolute atomic E-state index is 0.109. The van der Waals surface area contributed by atoms with Crippen molar-refractivity contribution in [2.24, 2.45) is 0 Å².